The fourth-order valence-corrected chi connectivity index (χ4v) is 1.97. The molecule has 1 aliphatic rings. The fourth-order valence-electron chi connectivity index (χ4n) is 1.71. The third kappa shape index (κ3) is 1.89. The van der Waals surface area contributed by atoms with Crippen molar-refractivity contribution in [3.8, 4) is 0 Å². The van der Waals surface area contributed by atoms with Gasteiger partial charge in [0.15, 0.2) is 0 Å². The van der Waals surface area contributed by atoms with E-state index in [1.54, 1.807) is 13.0 Å². The lowest BCUT2D eigenvalue weighted by Gasteiger charge is -2.22. The average molecular weight is 235 g/mol. The molecule has 1 aromatic rings. The highest BCUT2D eigenvalue weighted by molar-refractivity contribution is 6.31. The molecule has 1 aliphatic heterocycles. The lowest BCUT2D eigenvalue weighted by molar-refractivity contribution is -0.135. The van der Waals surface area contributed by atoms with Gasteiger partial charge < -0.3 is 4.74 Å². The van der Waals surface area contributed by atoms with E-state index in [9.17, 15) is 4.79 Å². The van der Waals surface area contributed by atoms with Crippen molar-refractivity contribution < 1.29 is 9.53 Å². The Bertz CT molecular complexity index is 488. The minimum atomic E-state index is -0.384. The van der Waals surface area contributed by atoms with Crippen molar-refractivity contribution in [2.45, 2.75) is 12.8 Å². The molecule has 1 aromatic carbocycles. The molecule has 1 heterocycles. The van der Waals surface area contributed by atoms with Crippen LogP contribution in [0.4, 0.5) is 0 Å². The number of hydrogen-bond donors (Lipinski definition) is 0. The number of carbonyl (C=O) groups excluding carboxylic acids is 1. The van der Waals surface area contributed by atoms with Crippen molar-refractivity contribution in [2.75, 3.05) is 0 Å². The zero-order chi connectivity index (χ0) is 11.7. The van der Waals surface area contributed by atoms with Crippen LogP contribution in [0.1, 0.15) is 18.4 Å². The maximum absolute atomic E-state index is 11.5. The van der Waals surface area contributed by atoms with Crippen molar-refractivity contribution in [3.05, 3.63) is 58.8 Å². The smallest absolute Gasteiger partial charge is 0.339 e. The second-order valence-corrected chi connectivity index (χ2v) is 4.10. The molecule has 82 valence electrons. The largest absolute Gasteiger partial charge is 0.428 e. The first kappa shape index (κ1) is 11.0. The molecule has 3 heteroatoms. The van der Waals surface area contributed by atoms with Gasteiger partial charge in [-0.15, -0.1) is 0 Å². The van der Waals surface area contributed by atoms with Crippen LogP contribution in [0.15, 0.2) is 48.3 Å². The third-order valence-electron chi connectivity index (χ3n) is 2.53. The normalized spacial score (nSPS) is 20.4. The van der Waals surface area contributed by atoms with E-state index < -0.39 is 0 Å². The Kier molecular flexibility index (Phi) is 2.84. The summed E-state index contributed by atoms with van der Waals surface area (Å²) in [5.41, 5.74) is 1.30. The molecular formula is C13H11ClO2. The van der Waals surface area contributed by atoms with Crippen LogP contribution in [0.5, 0.6) is 0 Å². The molecular weight excluding hydrogens is 224 g/mol. The van der Waals surface area contributed by atoms with Crippen molar-refractivity contribution in [2.24, 2.45) is 0 Å². The van der Waals surface area contributed by atoms with Gasteiger partial charge in [0.2, 0.25) is 0 Å². The monoisotopic (exact) mass is 234 g/mol. The van der Waals surface area contributed by atoms with Crippen LogP contribution in [-0.4, -0.2) is 5.97 Å². The summed E-state index contributed by atoms with van der Waals surface area (Å²) in [6, 6.07) is 7.43. The molecule has 2 rings (SSSR count). The van der Waals surface area contributed by atoms with Crippen molar-refractivity contribution in [3.63, 3.8) is 0 Å². The number of rotatable bonds is 1. The van der Waals surface area contributed by atoms with Crippen molar-refractivity contribution >= 4 is 17.6 Å². The van der Waals surface area contributed by atoms with Gasteiger partial charge in [0.05, 0.1) is 0 Å². The van der Waals surface area contributed by atoms with E-state index in [0.717, 1.165) is 5.56 Å². The van der Waals surface area contributed by atoms with Crippen LogP contribution in [-0.2, 0) is 9.53 Å². The molecule has 0 bridgehead atoms. The number of allylic oxidation sites excluding steroid dienone is 2. The minimum absolute atomic E-state index is 0.185. The van der Waals surface area contributed by atoms with E-state index >= 15 is 0 Å². The number of benzene rings is 1. The Morgan fingerprint density at radius 1 is 1.38 bits per heavy atom. The number of esters is 1. The Morgan fingerprint density at radius 2 is 2.06 bits per heavy atom. The second-order valence-electron chi connectivity index (χ2n) is 3.69. The summed E-state index contributed by atoms with van der Waals surface area (Å²) < 4.78 is 4.97. The predicted molar refractivity (Wildman–Crippen MR) is 63.2 cm³/mol. The molecule has 2 nitrogen and oxygen atoms in total. The van der Waals surface area contributed by atoms with Gasteiger partial charge in [-0.2, -0.15) is 0 Å². The topological polar surface area (TPSA) is 26.3 Å². The standard InChI is InChI=1S/C13H11ClO2/c1-8-7-11(9(2)13(15)16-8)10-5-3-4-6-12(10)14/h3-7,11H,2H2,1H3. The second kappa shape index (κ2) is 4.14. The molecule has 0 radical (unpaired) electrons. The highest BCUT2D eigenvalue weighted by Crippen LogP contribution is 2.34. The van der Waals surface area contributed by atoms with Gasteiger partial charge in [-0.25, -0.2) is 4.79 Å². The number of cyclic esters (lactones) is 1. The molecule has 0 fully saturated rings. The summed E-state index contributed by atoms with van der Waals surface area (Å²) in [4.78, 5) is 11.5. The van der Waals surface area contributed by atoms with Gasteiger partial charge in [0.25, 0.3) is 0 Å². The van der Waals surface area contributed by atoms with E-state index in [2.05, 4.69) is 6.58 Å². The Hall–Kier alpha value is -1.54. The van der Waals surface area contributed by atoms with E-state index in [-0.39, 0.29) is 11.9 Å². The zero-order valence-corrected chi connectivity index (χ0v) is 9.62. The Balaban J connectivity index is 2.48. The van der Waals surface area contributed by atoms with Crippen LogP contribution < -0.4 is 0 Å². The van der Waals surface area contributed by atoms with Crippen LogP contribution >= 0.6 is 11.6 Å². The quantitative estimate of drug-likeness (QED) is 0.550. The molecule has 0 saturated carbocycles. The number of carbonyl (C=O) groups is 1. The fraction of sp³-hybridized carbons (Fsp3) is 0.154. The molecule has 0 aromatic heterocycles. The number of ether oxygens (including phenoxy) is 1. The van der Waals surface area contributed by atoms with E-state index in [1.807, 2.05) is 24.3 Å². The summed E-state index contributed by atoms with van der Waals surface area (Å²) in [7, 11) is 0. The van der Waals surface area contributed by atoms with Gasteiger partial charge in [-0.05, 0) is 24.6 Å². The molecule has 0 amide bonds. The number of hydrogen-bond acceptors (Lipinski definition) is 2. The van der Waals surface area contributed by atoms with E-state index in [4.69, 9.17) is 16.3 Å². The predicted octanol–water partition coefficient (Wildman–Crippen LogP) is 3.44. The molecule has 0 N–H and O–H groups in total. The molecule has 0 spiro atoms. The van der Waals surface area contributed by atoms with E-state index in [1.165, 1.54) is 0 Å². The summed E-state index contributed by atoms with van der Waals surface area (Å²) in [5.74, 6) is 0.0159. The van der Waals surface area contributed by atoms with Gasteiger partial charge >= 0.3 is 5.97 Å². The van der Waals surface area contributed by atoms with Gasteiger partial charge in [0, 0.05) is 16.5 Å². The molecule has 0 saturated heterocycles. The molecule has 1 unspecified atom stereocenters. The van der Waals surface area contributed by atoms with Gasteiger partial charge in [-0.3, -0.25) is 0 Å². The first-order valence-corrected chi connectivity index (χ1v) is 5.31. The first-order valence-electron chi connectivity index (χ1n) is 4.93. The number of halogens is 1. The maximum atomic E-state index is 11.5. The van der Waals surface area contributed by atoms with Gasteiger partial charge in [-0.1, -0.05) is 36.4 Å². The van der Waals surface area contributed by atoms with Crippen molar-refractivity contribution in [1.82, 2.24) is 0 Å². The molecule has 1 atom stereocenters. The maximum Gasteiger partial charge on any atom is 0.339 e. The Morgan fingerprint density at radius 3 is 2.75 bits per heavy atom. The summed E-state index contributed by atoms with van der Waals surface area (Å²) >= 11 is 6.10. The molecule has 0 aliphatic carbocycles. The highest BCUT2D eigenvalue weighted by atomic mass is 35.5. The summed E-state index contributed by atoms with van der Waals surface area (Å²) in [5, 5.41) is 0.632. The Labute approximate surface area is 99.2 Å². The average Bonchev–Trinajstić information content (AvgIpc) is 2.24. The zero-order valence-electron chi connectivity index (χ0n) is 8.87. The van der Waals surface area contributed by atoms with Crippen LogP contribution in [0, 0.1) is 0 Å². The van der Waals surface area contributed by atoms with Crippen LogP contribution in [0.3, 0.4) is 0 Å². The molecule has 16 heavy (non-hydrogen) atoms. The van der Waals surface area contributed by atoms with Crippen LogP contribution in [0.2, 0.25) is 5.02 Å². The highest BCUT2D eigenvalue weighted by Gasteiger charge is 2.26. The SMILES string of the molecule is C=C1C(=O)OC(C)=CC1c1ccccc1Cl. The lowest BCUT2D eigenvalue weighted by Crippen LogP contribution is -2.17. The first-order chi connectivity index (χ1) is 7.59. The minimum Gasteiger partial charge on any atom is -0.428 e. The lowest BCUT2D eigenvalue weighted by atomic mass is 9.90. The van der Waals surface area contributed by atoms with Gasteiger partial charge in [0.1, 0.15) is 5.76 Å². The van der Waals surface area contributed by atoms with Crippen molar-refractivity contribution in [1.29, 1.82) is 0 Å². The summed E-state index contributed by atoms with van der Waals surface area (Å²) in [6.07, 6.45) is 1.85. The van der Waals surface area contributed by atoms with E-state index in [0.29, 0.717) is 16.4 Å². The summed E-state index contributed by atoms with van der Waals surface area (Å²) in [6.45, 7) is 5.50. The third-order valence-corrected chi connectivity index (χ3v) is 2.88. The van der Waals surface area contributed by atoms with Crippen LogP contribution in [0.25, 0.3) is 0 Å².